The van der Waals surface area contributed by atoms with Crippen LogP contribution in [0.2, 0.25) is 0 Å². The first kappa shape index (κ1) is 33.3. The Morgan fingerprint density at radius 2 is 1.39 bits per heavy atom. The van der Waals surface area contributed by atoms with E-state index < -0.39 is 76.1 Å². The molecule has 2 bridgehead atoms. The molecule has 3 aliphatic rings. The molecule has 1 heterocycles. The molecule has 11 heteroatoms. The van der Waals surface area contributed by atoms with Gasteiger partial charge in [0.05, 0.1) is 22.2 Å². The number of rotatable bonds is 7. The fraction of sp³-hybridized carbons (Fsp3) is 0.486. The number of esters is 4. The van der Waals surface area contributed by atoms with Crippen LogP contribution < -0.4 is 0 Å². The Morgan fingerprint density at radius 3 is 1.98 bits per heavy atom. The van der Waals surface area contributed by atoms with Gasteiger partial charge in [-0.2, -0.15) is 0 Å². The van der Waals surface area contributed by atoms with Crippen molar-refractivity contribution in [1.82, 2.24) is 0 Å². The van der Waals surface area contributed by atoms with Gasteiger partial charge in [0.15, 0.2) is 18.3 Å². The van der Waals surface area contributed by atoms with Gasteiger partial charge in [-0.1, -0.05) is 48.5 Å². The molecule has 0 radical (unpaired) electrons. The minimum absolute atomic E-state index is 0.169. The molecule has 8 atom stereocenters. The van der Waals surface area contributed by atoms with Crippen LogP contribution in [0.5, 0.6) is 0 Å². The zero-order valence-electron chi connectivity index (χ0n) is 26.7. The van der Waals surface area contributed by atoms with E-state index in [9.17, 15) is 29.4 Å². The molecule has 0 aromatic heterocycles. The number of carbonyl (C=O) groups excluding carboxylic acids is 4. The van der Waals surface area contributed by atoms with E-state index in [1.165, 1.54) is 25.1 Å². The van der Waals surface area contributed by atoms with E-state index in [2.05, 4.69) is 0 Å². The molecule has 11 nitrogen and oxygen atoms in total. The SMILES string of the molecule is CC(=O)O[C@H]1[C@H](OC(=O)c2ccccc2)[C@@]2(C)[C@@H](OC(=O)/C=C/c3ccccc3)C[C@@]3(O)C[C@@]2(OC3(C)C)[C@@](C)(O)[C@H]1OC(C)=O. The lowest BCUT2D eigenvalue weighted by molar-refractivity contribution is -0.352. The molecule has 2 saturated carbocycles. The highest BCUT2D eigenvalue weighted by atomic mass is 16.6. The highest BCUT2D eigenvalue weighted by Crippen LogP contribution is 2.69. The molecular weight excluding hydrogens is 596 g/mol. The van der Waals surface area contributed by atoms with Gasteiger partial charge in [0.25, 0.3) is 0 Å². The van der Waals surface area contributed by atoms with Crippen LogP contribution in [0.1, 0.15) is 70.3 Å². The predicted octanol–water partition coefficient (Wildman–Crippen LogP) is 3.54. The van der Waals surface area contributed by atoms with Crippen molar-refractivity contribution in [2.75, 3.05) is 0 Å². The Balaban J connectivity index is 1.70. The monoisotopic (exact) mass is 636 g/mol. The lowest BCUT2D eigenvalue weighted by atomic mass is 9.46. The molecule has 5 rings (SSSR count). The smallest absolute Gasteiger partial charge is 0.338 e. The second-order valence-electron chi connectivity index (χ2n) is 13.2. The summed E-state index contributed by atoms with van der Waals surface area (Å²) in [5.74, 6) is -3.20. The zero-order chi connectivity index (χ0) is 33.7. The Labute approximate surface area is 267 Å². The van der Waals surface area contributed by atoms with Crippen molar-refractivity contribution in [3.05, 3.63) is 77.9 Å². The van der Waals surface area contributed by atoms with Gasteiger partial charge in [0, 0.05) is 32.8 Å². The molecule has 46 heavy (non-hydrogen) atoms. The summed E-state index contributed by atoms with van der Waals surface area (Å²) in [7, 11) is 0. The third kappa shape index (κ3) is 5.30. The second kappa shape index (κ2) is 11.6. The van der Waals surface area contributed by atoms with Crippen LogP contribution in [0.3, 0.4) is 0 Å². The number of hydrogen-bond donors (Lipinski definition) is 2. The minimum atomic E-state index is -2.18. The van der Waals surface area contributed by atoms with Crippen molar-refractivity contribution in [3.63, 3.8) is 0 Å². The maximum absolute atomic E-state index is 13.7. The van der Waals surface area contributed by atoms with E-state index in [1.807, 2.05) is 18.2 Å². The van der Waals surface area contributed by atoms with E-state index in [0.29, 0.717) is 0 Å². The van der Waals surface area contributed by atoms with Gasteiger partial charge < -0.3 is 33.9 Å². The Hall–Kier alpha value is -4.06. The largest absolute Gasteiger partial charge is 0.458 e. The molecule has 0 unspecified atom stereocenters. The number of fused-ring (bicyclic) bond motifs is 1. The first-order chi connectivity index (χ1) is 21.5. The Kier molecular flexibility index (Phi) is 8.42. The van der Waals surface area contributed by atoms with Crippen LogP contribution in [0.15, 0.2) is 66.7 Å². The molecule has 2 aromatic carbocycles. The quantitative estimate of drug-likeness (QED) is 0.261. The summed E-state index contributed by atoms with van der Waals surface area (Å²) >= 11 is 0. The predicted molar refractivity (Wildman–Crippen MR) is 163 cm³/mol. The summed E-state index contributed by atoms with van der Waals surface area (Å²) in [6.45, 7) is 8.49. The normalized spacial score (nSPS) is 35.9. The van der Waals surface area contributed by atoms with Crippen molar-refractivity contribution >= 4 is 30.0 Å². The number of carbonyl (C=O) groups is 4. The number of ether oxygens (including phenoxy) is 5. The van der Waals surface area contributed by atoms with Gasteiger partial charge in [0.1, 0.15) is 17.3 Å². The highest BCUT2D eigenvalue weighted by Gasteiger charge is 2.85. The number of hydrogen-bond acceptors (Lipinski definition) is 11. The van der Waals surface area contributed by atoms with Gasteiger partial charge in [-0.15, -0.1) is 0 Å². The highest BCUT2D eigenvalue weighted by molar-refractivity contribution is 5.89. The standard InChI is InChI=1S/C35H40O11/c1-21(36)42-27-28(45-30(39)24-15-11-8-12-16-24)32(5)25(44-26(38)18-17-23-13-9-7-10-14-23)19-34(41)20-35(32,46-31(34,3)4)33(6,40)29(27)43-22(2)37/h7-18,25,27-29,40-41H,19-20H2,1-6H3/b18-17+/t25-,27-,28-,29-,32+,33-,34+,35-/m0/s1. The zero-order valence-corrected chi connectivity index (χ0v) is 26.7. The van der Waals surface area contributed by atoms with Crippen LogP contribution in [-0.2, 0) is 38.1 Å². The third-order valence-corrected chi connectivity index (χ3v) is 10.0. The van der Waals surface area contributed by atoms with Crippen molar-refractivity contribution in [3.8, 4) is 0 Å². The first-order valence-corrected chi connectivity index (χ1v) is 15.2. The Bertz CT molecular complexity index is 1530. The molecule has 0 amide bonds. The van der Waals surface area contributed by atoms with Gasteiger partial charge in [0.2, 0.25) is 0 Å². The average molecular weight is 637 g/mol. The third-order valence-electron chi connectivity index (χ3n) is 10.0. The van der Waals surface area contributed by atoms with Gasteiger partial charge in [-0.25, -0.2) is 9.59 Å². The molecule has 1 spiro atoms. The van der Waals surface area contributed by atoms with Crippen LogP contribution in [0, 0.1) is 5.41 Å². The molecule has 2 N–H and O–H groups in total. The van der Waals surface area contributed by atoms with Crippen molar-refractivity contribution in [1.29, 1.82) is 0 Å². The summed E-state index contributed by atoms with van der Waals surface area (Å²) in [6, 6.07) is 17.1. The van der Waals surface area contributed by atoms with Gasteiger partial charge in [-0.3, -0.25) is 9.59 Å². The minimum Gasteiger partial charge on any atom is -0.458 e. The van der Waals surface area contributed by atoms with Crippen LogP contribution >= 0.6 is 0 Å². The molecular formula is C35H40O11. The van der Waals surface area contributed by atoms with E-state index in [0.717, 1.165) is 19.4 Å². The second-order valence-corrected chi connectivity index (χ2v) is 13.2. The van der Waals surface area contributed by atoms with Crippen molar-refractivity contribution in [2.45, 2.75) is 101 Å². The maximum Gasteiger partial charge on any atom is 0.338 e. The fourth-order valence-corrected chi connectivity index (χ4v) is 7.57. The maximum atomic E-state index is 13.7. The summed E-state index contributed by atoms with van der Waals surface area (Å²) in [5, 5.41) is 24.6. The summed E-state index contributed by atoms with van der Waals surface area (Å²) in [4.78, 5) is 52.1. The summed E-state index contributed by atoms with van der Waals surface area (Å²) in [6.07, 6.45) is -3.57. The van der Waals surface area contributed by atoms with Gasteiger partial charge in [-0.05, 0) is 51.5 Å². The lowest BCUT2D eigenvalue weighted by Crippen LogP contribution is -2.83. The van der Waals surface area contributed by atoms with E-state index in [4.69, 9.17) is 23.7 Å². The summed E-state index contributed by atoms with van der Waals surface area (Å²) < 4.78 is 30.3. The van der Waals surface area contributed by atoms with Crippen LogP contribution in [-0.4, -0.2) is 80.9 Å². The van der Waals surface area contributed by atoms with Gasteiger partial charge >= 0.3 is 23.9 Å². The van der Waals surface area contributed by atoms with E-state index in [1.54, 1.807) is 57.2 Å². The molecule has 1 aliphatic heterocycles. The Morgan fingerprint density at radius 1 is 0.804 bits per heavy atom. The van der Waals surface area contributed by atoms with Crippen LogP contribution in [0.4, 0.5) is 0 Å². The van der Waals surface area contributed by atoms with Crippen LogP contribution in [0.25, 0.3) is 6.08 Å². The number of benzene rings is 2. The molecule has 246 valence electrons. The van der Waals surface area contributed by atoms with E-state index >= 15 is 0 Å². The van der Waals surface area contributed by atoms with E-state index in [-0.39, 0.29) is 18.4 Å². The molecule has 3 fully saturated rings. The number of aliphatic hydroxyl groups is 2. The molecule has 1 saturated heterocycles. The average Bonchev–Trinajstić information content (AvgIpc) is 3.19. The topological polar surface area (TPSA) is 155 Å². The van der Waals surface area contributed by atoms with Crippen molar-refractivity contribution in [2.24, 2.45) is 5.41 Å². The summed E-state index contributed by atoms with van der Waals surface area (Å²) in [5.41, 5.74) is -7.83. The van der Waals surface area contributed by atoms with Crippen molar-refractivity contribution < 1.29 is 53.1 Å². The molecule has 2 aliphatic carbocycles. The fourth-order valence-electron chi connectivity index (χ4n) is 7.57. The lowest BCUT2D eigenvalue weighted by Gasteiger charge is -2.65. The molecule has 2 aromatic rings. The first-order valence-electron chi connectivity index (χ1n) is 15.2.